The van der Waals surface area contributed by atoms with Crippen molar-refractivity contribution in [2.24, 2.45) is 0 Å². The molecule has 0 aliphatic rings. The first-order valence-corrected chi connectivity index (χ1v) is 9.52. The zero-order valence-corrected chi connectivity index (χ0v) is 17.2. The summed E-state index contributed by atoms with van der Waals surface area (Å²) >= 11 is 17.5. The lowest BCUT2D eigenvalue weighted by Gasteiger charge is -2.16. The van der Waals surface area contributed by atoms with Crippen LogP contribution >= 0.6 is 35.4 Å². The number of aromatic nitrogens is 3. The van der Waals surface area contributed by atoms with Gasteiger partial charge in [-0.25, -0.2) is 9.07 Å². The number of hydrogen-bond acceptors (Lipinski definition) is 5. The number of rotatable bonds is 8. The maximum Gasteiger partial charge on any atom is 0.214 e. The molecule has 1 aromatic heterocycles. The number of ether oxygens (including phenoxy) is 2. The zero-order valence-electron chi connectivity index (χ0n) is 14.8. The lowest BCUT2D eigenvalue weighted by molar-refractivity contribution is 0.266. The van der Waals surface area contributed by atoms with Crippen molar-refractivity contribution in [1.82, 2.24) is 14.9 Å². The van der Waals surface area contributed by atoms with Crippen LogP contribution in [0.4, 0.5) is 4.39 Å². The second-order valence-corrected chi connectivity index (χ2v) is 6.89. The Morgan fingerprint density at radius 3 is 2.75 bits per heavy atom. The summed E-state index contributed by atoms with van der Waals surface area (Å²) in [6.07, 6.45) is 1.53. The predicted octanol–water partition coefficient (Wildman–Crippen LogP) is 5.11. The van der Waals surface area contributed by atoms with E-state index in [1.807, 2.05) is 6.92 Å². The van der Waals surface area contributed by atoms with Gasteiger partial charge in [0, 0.05) is 5.56 Å². The van der Waals surface area contributed by atoms with Crippen LogP contribution in [0.15, 0.2) is 36.7 Å². The van der Waals surface area contributed by atoms with Gasteiger partial charge in [-0.2, -0.15) is 5.10 Å². The van der Waals surface area contributed by atoms with Crippen molar-refractivity contribution in [3.63, 3.8) is 0 Å². The van der Waals surface area contributed by atoms with E-state index in [0.29, 0.717) is 34.4 Å². The number of nitrogens with one attached hydrogen (secondary N) is 2. The second-order valence-electron chi connectivity index (χ2n) is 5.69. The molecule has 0 unspecified atom stereocenters. The third-order valence-electron chi connectivity index (χ3n) is 3.80. The van der Waals surface area contributed by atoms with Gasteiger partial charge in [-0.15, -0.1) is 0 Å². The van der Waals surface area contributed by atoms with E-state index < -0.39 is 5.82 Å². The monoisotopic (exact) mass is 442 g/mol. The number of aromatic amines is 1. The summed E-state index contributed by atoms with van der Waals surface area (Å²) in [6, 6.07) is 7.99. The fraction of sp³-hybridized carbons (Fsp3) is 0.222. The molecule has 0 aliphatic carbocycles. The first kappa shape index (κ1) is 20.4. The summed E-state index contributed by atoms with van der Waals surface area (Å²) in [4.78, 5) is 0. The van der Waals surface area contributed by atoms with E-state index in [0.717, 1.165) is 5.56 Å². The van der Waals surface area contributed by atoms with Crippen LogP contribution < -0.4 is 14.9 Å². The third-order valence-corrected chi connectivity index (χ3v) is 4.72. The Balaban J connectivity index is 1.80. The van der Waals surface area contributed by atoms with Crippen molar-refractivity contribution in [3.05, 3.63) is 68.4 Å². The normalized spacial score (nSPS) is 10.7. The predicted molar refractivity (Wildman–Crippen MR) is 109 cm³/mol. The van der Waals surface area contributed by atoms with Gasteiger partial charge in [0.05, 0.1) is 23.2 Å². The molecule has 0 amide bonds. The van der Waals surface area contributed by atoms with Gasteiger partial charge in [0.2, 0.25) is 4.77 Å². The summed E-state index contributed by atoms with van der Waals surface area (Å²) in [5, 5.41) is 7.11. The molecule has 0 spiro atoms. The summed E-state index contributed by atoms with van der Waals surface area (Å²) in [5.41, 5.74) is 4.19. The average molecular weight is 443 g/mol. The zero-order chi connectivity index (χ0) is 20.1. The molecular formula is C18H17Cl2FN4O2S. The van der Waals surface area contributed by atoms with Gasteiger partial charge >= 0.3 is 0 Å². The van der Waals surface area contributed by atoms with E-state index in [1.54, 1.807) is 22.9 Å². The van der Waals surface area contributed by atoms with Crippen molar-refractivity contribution in [3.8, 4) is 11.5 Å². The fourth-order valence-corrected chi connectivity index (χ4v) is 3.15. The first-order valence-electron chi connectivity index (χ1n) is 8.36. The van der Waals surface area contributed by atoms with Crippen LogP contribution in [0.3, 0.4) is 0 Å². The van der Waals surface area contributed by atoms with Gasteiger partial charge in [-0.05, 0) is 49.0 Å². The van der Waals surface area contributed by atoms with Crippen molar-refractivity contribution < 1.29 is 13.9 Å². The van der Waals surface area contributed by atoms with Gasteiger partial charge in [0.25, 0.3) is 0 Å². The second kappa shape index (κ2) is 9.27. The van der Waals surface area contributed by atoms with Crippen molar-refractivity contribution in [2.75, 3.05) is 12.0 Å². The van der Waals surface area contributed by atoms with Crippen molar-refractivity contribution in [2.45, 2.75) is 20.1 Å². The SMILES string of the molecule is CCOc1cc(CNn2cn[nH]c2=S)cc(Cl)c1OCc1c(F)cccc1Cl. The Bertz CT molecular complexity index is 1000. The fourth-order valence-electron chi connectivity index (χ4n) is 2.48. The summed E-state index contributed by atoms with van der Waals surface area (Å²) in [6.45, 7) is 2.61. The Morgan fingerprint density at radius 2 is 2.07 bits per heavy atom. The van der Waals surface area contributed by atoms with Gasteiger partial charge in [-0.1, -0.05) is 29.3 Å². The standard InChI is InChI=1S/C18H17Cl2FN4O2S/c1-2-26-16-7-11(8-23-25-10-22-24-18(25)28)6-14(20)17(16)27-9-12-13(19)4-3-5-15(12)21/h3-7,10,23H,2,8-9H2,1H3,(H,24,28). The molecular weight excluding hydrogens is 426 g/mol. The van der Waals surface area contributed by atoms with Crippen molar-refractivity contribution >= 4 is 35.4 Å². The largest absolute Gasteiger partial charge is 0.490 e. The highest BCUT2D eigenvalue weighted by Crippen LogP contribution is 2.37. The van der Waals surface area contributed by atoms with Gasteiger partial charge < -0.3 is 14.9 Å². The molecule has 28 heavy (non-hydrogen) atoms. The Labute approximate surface area is 176 Å². The minimum atomic E-state index is -0.445. The van der Waals surface area contributed by atoms with Gasteiger partial charge in [0.1, 0.15) is 18.8 Å². The lowest BCUT2D eigenvalue weighted by atomic mass is 10.2. The molecule has 0 atom stereocenters. The minimum absolute atomic E-state index is 0.0763. The molecule has 0 saturated carbocycles. The molecule has 2 aromatic carbocycles. The van der Waals surface area contributed by atoms with E-state index in [1.165, 1.54) is 18.5 Å². The Kier molecular flexibility index (Phi) is 6.77. The molecule has 10 heteroatoms. The molecule has 0 bridgehead atoms. The molecule has 6 nitrogen and oxygen atoms in total. The molecule has 0 aliphatic heterocycles. The van der Waals surface area contributed by atoms with E-state index in [4.69, 9.17) is 44.9 Å². The van der Waals surface area contributed by atoms with Crippen LogP contribution in [0.25, 0.3) is 0 Å². The number of H-pyrrole nitrogens is 1. The summed E-state index contributed by atoms with van der Waals surface area (Å²) in [7, 11) is 0. The number of hydrogen-bond donors (Lipinski definition) is 2. The van der Waals surface area contributed by atoms with Crippen molar-refractivity contribution in [1.29, 1.82) is 0 Å². The molecule has 148 valence electrons. The van der Waals surface area contributed by atoms with E-state index in [-0.39, 0.29) is 17.2 Å². The van der Waals surface area contributed by atoms with Crippen LogP contribution in [0, 0.1) is 10.6 Å². The lowest BCUT2D eigenvalue weighted by Crippen LogP contribution is -2.13. The third kappa shape index (κ3) is 4.76. The highest BCUT2D eigenvalue weighted by Gasteiger charge is 2.15. The van der Waals surface area contributed by atoms with Crippen LogP contribution in [-0.2, 0) is 13.2 Å². The minimum Gasteiger partial charge on any atom is -0.490 e. The Hall–Kier alpha value is -2.29. The molecule has 0 saturated heterocycles. The summed E-state index contributed by atoms with van der Waals surface area (Å²) < 4.78 is 27.4. The Morgan fingerprint density at radius 1 is 1.25 bits per heavy atom. The van der Waals surface area contributed by atoms with E-state index in [9.17, 15) is 4.39 Å². The molecule has 0 radical (unpaired) electrons. The molecule has 0 fully saturated rings. The van der Waals surface area contributed by atoms with Gasteiger partial charge in [-0.3, -0.25) is 5.10 Å². The summed E-state index contributed by atoms with van der Waals surface area (Å²) in [5.74, 6) is 0.334. The molecule has 3 aromatic rings. The van der Waals surface area contributed by atoms with Gasteiger partial charge in [0.15, 0.2) is 11.5 Å². The maximum atomic E-state index is 14.0. The van der Waals surface area contributed by atoms with E-state index >= 15 is 0 Å². The van der Waals surface area contributed by atoms with Crippen LogP contribution in [-0.4, -0.2) is 21.5 Å². The average Bonchev–Trinajstić information content (AvgIpc) is 3.06. The smallest absolute Gasteiger partial charge is 0.214 e. The van der Waals surface area contributed by atoms with E-state index in [2.05, 4.69) is 15.6 Å². The van der Waals surface area contributed by atoms with Crippen LogP contribution in [0.2, 0.25) is 10.0 Å². The van der Waals surface area contributed by atoms with Crippen LogP contribution in [0.1, 0.15) is 18.1 Å². The molecule has 1 heterocycles. The highest BCUT2D eigenvalue weighted by atomic mass is 35.5. The molecule has 3 rings (SSSR count). The number of nitrogens with zero attached hydrogens (tertiary/aromatic N) is 2. The number of benzene rings is 2. The number of halogens is 3. The molecule has 2 N–H and O–H groups in total. The van der Waals surface area contributed by atoms with Crippen LogP contribution in [0.5, 0.6) is 11.5 Å². The highest BCUT2D eigenvalue weighted by molar-refractivity contribution is 7.71. The first-order chi connectivity index (χ1) is 13.5. The topological polar surface area (TPSA) is 64.1 Å². The quantitative estimate of drug-likeness (QED) is 0.474. The maximum absolute atomic E-state index is 14.0.